The summed E-state index contributed by atoms with van der Waals surface area (Å²) < 4.78 is 4.58. The molecule has 8 aromatic carbocycles. The predicted octanol–water partition coefficient (Wildman–Crippen LogP) is 12.7. The van der Waals surface area contributed by atoms with Crippen LogP contribution in [0.5, 0.6) is 0 Å². The van der Waals surface area contributed by atoms with Crippen molar-refractivity contribution in [2.75, 3.05) is 0 Å². The van der Waals surface area contributed by atoms with Gasteiger partial charge in [0.15, 0.2) is 11.6 Å². The number of nitrogens with zero attached hydrogens (tertiary/aromatic N) is 5. The zero-order chi connectivity index (χ0) is 37.0. The van der Waals surface area contributed by atoms with Gasteiger partial charge < -0.3 is 4.57 Å². The second-order valence-electron chi connectivity index (χ2n) is 14.1. The molecule has 56 heavy (non-hydrogen) atoms. The van der Waals surface area contributed by atoms with Crippen molar-refractivity contribution in [2.24, 2.45) is 0 Å². The van der Waals surface area contributed by atoms with Crippen molar-refractivity contribution >= 4 is 43.6 Å². The minimum atomic E-state index is 0.577. The molecule has 0 N–H and O–H groups in total. The maximum absolute atomic E-state index is 5.17. The van der Waals surface area contributed by atoms with E-state index in [-0.39, 0.29) is 0 Å². The van der Waals surface area contributed by atoms with Gasteiger partial charge in [0, 0.05) is 38.4 Å². The van der Waals surface area contributed by atoms with Crippen molar-refractivity contribution < 1.29 is 0 Å². The molecule has 0 fully saturated rings. The van der Waals surface area contributed by atoms with Crippen molar-refractivity contribution in [1.29, 1.82) is 0 Å². The van der Waals surface area contributed by atoms with Crippen LogP contribution in [0.15, 0.2) is 200 Å². The third-order valence-electron chi connectivity index (χ3n) is 10.8. The molecule has 0 atom stereocenters. The summed E-state index contributed by atoms with van der Waals surface area (Å²) in [4.78, 5) is 15.3. The minimum absolute atomic E-state index is 0.577. The number of aromatic nitrogens is 5. The Morgan fingerprint density at radius 1 is 0.268 bits per heavy atom. The molecule has 5 nitrogen and oxygen atoms in total. The van der Waals surface area contributed by atoms with Gasteiger partial charge in [0.05, 0.1) is 22.1 Å². The van der Waals surface area contributed by atoms with Crippen LogP contribution in [-0.4, -0.2) is 24.1 Å². The summed E-state index contributed by atoms with van der Waals surface area (Å²) in [5.41, 5.74) is 12.1. The number of benzene rings is 8. The Morgan fingerprint density at radius 3 is 1.18 bits per heavy atom. The molecule has 5 heteroatoms. The van der Waals surface area contributed by atoms with E-state index < -0.39 is 0 Å². The lowest BCUT2D eigenvalue weighted by Gasteiger charge is -2.12. The molecule has 0 aliphatic carbocycles. The first-order chi connectivity index (χ1) is 27.8. The van der Waals surface area contributed by atoms with Gasteiger partial charge in [0.2, 0.25) is 5.95 Å². The summed E-state index contributed by atoms with van der Waals surface area (Å²) in [5, 5.41) is 4.70. The molecule has 0 bridgehead atoms. The maximum Gasteiger partial charge on any atom is 0.238 e. The van der Waals surface area contributed by atoms with Crippen LogP contribution in [0.4, 0.5) is 0 Å². The van der Waals surface area contributed by atoms with Crippen molar-refractivity contribution in [3.63, 3.8) is 0 Å². The molecule has 0 radical (unpaired) electrons. The monoisotopic (exact) mass is 715 g/mol. The van der Waals surface area contributed by atoms with Gasteiger partial charge in [-0.05, 0) is 58.7 Å². The fourth-order valence-corrected chi connectivity index (χ4v) is 8.11. The Kier molecular flexibility index (Phi) is 7.42. The van der Waals surface area contributed by atoms with E-state index in [1.54, 1.807) is 0 Å². The lowest BCUT2D eigenvalue weighted by Crippen LogP contribution is -2.06. The molecule has 3 heterocycles. The molecule has 11 rings (SSSR count). The van der Waals surface area contributed by atoms with E-state index in [9.17, 15) is 0 Å². The summed E-state index contributed by atoms with van der Waals surface area (Å²) in [6.07, 6.45) is 0. The molecule has 11 aromatic rings. The van der Waals surface area contributed by atoms with E-state index in [0.717, 1.165) is 49.7 Å². The van der Waals surface area contributed by atoms with E-state index in [0.29, 0.717) is 17.6 Å². The molecule has 0 aliphatic rings. The van der Waals surface area contributed by atoms with Crippen LogP contribution in [0.25, 0.3) is 100 Å². The highest BCUT2D eigenvalue weighted by atomic mass is 15.2. The first-order valence-electron chi connectivity index (χ1n) is 18.9. The lowest BCUT2D eigenvalue weighted by molar-refractivity contribution is 0.953. The Balaban J connectivity index is 1.11. The van der Waals surface area contributed by atoms with E-state index in [2.05, 4.69) is 149 Å². The predicted molar refractivity (Wildman–Crippen MR) is 230 cm³/mol. The molecule has 0 saturated heterocycles. The summed E-state index contributed by atoms with van der Waals surface area (Å²) in [6.45, 7) is 0. The van der Waals surface area contributed by atoms with Crippen LogP contribution in [0.1, 0.15) is 0 Å². The van der Waals surface area contributed by atoms with Crippen LogP contribution in [-0.2, 0) is 0 Å². The van der Waals surface area contributed by atoms with Gasteiger partial charge in [-0.2, -0.15) is 9.97 Å². The third kappa shape index (κ3) is 5.29. The Bertz CT molecular complexity index is 3140. The maximum atomic E-state index is 5.17. The average molecular weight is 716 g/mol. The number of rotatable bonds is 6. The number of hydrogen-bond donors (Lipinski definition) is 0. The van der Waals surface area contributed by atoms with Gasteiger partial charge in [-0.1, -0.05) is 164 Å². The molecular weight excluding hydrogens is 683 g/mol. The average Bonchev–Trinajstić information content (AvgIpc) is 3.78. The first-order valence-corrected chi connectivity index (χ1v) is 18.9. The molecule has 3 aromatic heterocycles. The number of fused-ring (bicyclic) bond motifs is 6. The van der Waals surface area contributed by atoms with Gasteiger partial charge in [0.25, 0.3) is 0 Å². The summed E-state index contributed by atoms with van der Waals surface area (Å²) in [6, 6.07) is 70.4. The molecule has 0 saturated carbocycles. The summed E-state index contributed by atoms with van der Waals surface area (Å²) in [7, 11) is 0. The molecule has 262 valence electrons. The van der Waals surface area contributed by atoms with Gasteiger partial charge in [-0.25, -0.2) is 4.98 Å². The number of para-hydroxylation sites is 2. The van der Waals surface area contributed by atoms with E-state index >= 15 is 0 Å². The lowest BCUT2D eigenvalue weighted by atomic mass is 10.0. The highest BCUT2D eigenvalue weighted by Gasteiger charge is 2.21. The molecule has 0 aliphatic heterocycles. The van der Waals surface area contributed by atoms with Crippen molar-refractivity contribution in [2.45, 2.75) is 0 Å². The zero-order valence-electron chi connectivity index (χ0n) is 30.3. The topological polar surface area (TPSA) is 48.5 Å². The van der Waals surface area contributed by atoms with Gasteiger partial charge in [-0.3, -0.25) is 4.57 Å². The smallest absolute Gasteiger partial charge is 0.238 e. The Labute approximate surface area is 323 Å². The van der Waals surface area contributed by atoms with Crippen LogP contribution in [0.3, 0.4) is 0 Å². The summed E-state index contributed by atoms with van der Waals surface area (Å²) >= 11 is 0. The largest absolute Gasteiger partial charge is 0.309 e. The number of hydrogen-bond acceptors (Lipinski definition) is 3. The molecule has 0 unspecified atom stereocenters. The second kappa shape index (κ2) is 13.0. The van der Waals surface area contributed by atoms with Crippen molar-refractivity contribution in [3.05, 3.63) is 200 Å². The highest BCUT2D eigenvalue weighted by molar-refractivity contribution is 6.19. The van der Waals surface area contributed by atoms with Gasteiger partial charge >= 0.3 is 0 Å². The van der Waals surface area contributed by atoms with Gasteiger partial charge in [-0.15, -0.1) is 0 Å². The third-order valence-corrected chi connectivity index (χ3v) is 10.8. The first kappa shape index (κ1) is 31.9. The van der Waals surface area contributed by atoms with Crippen molar-refractivity contribution in [3.8, 4) is 56.7 Å². The van der Waals surface area contributed by atoms with Crippen molar-refractivity contribution in [1.82, 2.24) is 24.1 Å². The minimum Gasteiger partial charge on any atom is -0.309 e. The van der Waals surface area contributed by atoms with Crippen LogP contribution >= 0.6 is 0 Å². The standard InChI is InChI=1S/C51H33N5/c1-4-14-34(15-5-1)35-24-26-36(27-25-35)37-28-30-40(31-29-37)55-45-22-12-10-20-41(45)43-32-44-42-21-11-13-23-46(42)56(48(44)33-47(43)55)51-53-49(38-16-6-2-7-17-38)52-50(54-51)39-18-8-3-9-19-39/h1-33H. The second-order valence-corrected chi connectivity index (χ2v) is 14.1. The molecule has 0 amide bonds. The van der Waals surface area contributed by atoms with E-state index in [1.165, 1.54) is 33.0 Å². The fourth-order valence-electron chi connectivity index (χ4n) is 8.11. The zero-order valence-corrected chi connectivity index (χ0v) is 30.3. The molecular formula is C51H33N5. The van der Waals surface area contributed by atoms with E-state index in [4.69, 9.17) is 15.0 Å². The summed E-state index contributed by atoms with van der Waals surface area (Å²) in [5.74, 6) is 1.84. The van der Waals surface area contributed by atoms with Crippen LogP contribution < -0.4 is 0 Å². The SMILES string of the molecule is c1ccc(-c2ccc(-c3ccc(-n4c5ccccc5c5cc6c7ccccc7n(-c7nc(-c8ccccc8)nc(-c8ccccc8)n7)c6cc54)cc3)cc2)cc1. The van der Waals surface area contributed by atoms with Gasteiger partial charge in [0.1, 0.15) is 0 Å². The van der Waals surface area contributed by atoms with Crippen LogP contribution in [0, 0.1) is 0 Å². The molecule has 0 spiro atoms. The Hall–Kier alpha value is -7.63. The quantitative estimate of drug-likeness (QED) is 0.172. The normalized spacial score (nSPS) is 11.6. The Morgan fingerprint density at radius 2 is 0.661 bits per heavy atom. The van der Waals surface area contributed by atoms with E-state index in [1.807, 2.05) is 60.7 Å². The van der Waals surface area contributed by atoms with Crippen LogP contribution in [0.2, 0.25) is 0 Å². The highest BCUT2D eigenvalue weighted by Crippen LogP contribution is 2.40. The fraction of sp³-hybridized carbons (Fsp3) is 0.